The van der Waals surface area contributed by atoms with E-state index < -0.39 is 41.5 Å². The summed E-state index contributed by atoms with van der Waals surface area (Å²) in [6.07, 6.45) is -2.84. The van der Waals surface area contributed by atoms with E-state index in [2.05, 4.69) is 0 Å². The van der Waals surface area contributed by atoms with E-state index in [-0.39, 0.29) is 30.3 Å². The summed E-state index contributed by atoms with van der Waals surface area (Å²) in [5.74, 6) is -2.82. The maximum atomic E-state index is 12.4. The van der Waals surface area contributed by atoms with Gasteiger partial charge in [0.05, 0.1) is 18.8 Å². The third kappa shape index (κ3) is 2.82. The number of ketones is 1. The molecule has 0 radical (unpaired) electrons. The molecular weight excluding hydrogens is 332 g/mol. The van der Waals surface area contributed by atoms with Crippen LogP contribution in [0.25, 0.3) is 0 Å². The molecule has 1 fully saturated rings. The van der Waals surface area contributed by atoms with E-state index in [1.807, 2.05) is 6.92 Å². The van der Waals surface area contributed by atoms with Gasteiger partial charge in [-0.05, 0) is 32.3 Å². The molecule has 2 aliphatic heterocycles. The molecule has 0 aromatic rings. The van der Waals surface area contributed by atoms with Crippen molar-refractivity contribution in [3.8, 4) is 0 Å². The Balaban J connectivity index is 2.00. The number of esters is 1. The van der Waals surface area contributed by atoms with E-state index in [0.717, 1.165) is 0 Å². The Morgan fingerprint density at radius 2 is 2.00 bits per heavy atom. The van der Waals surface area contributed by atoms with E-state index in [0.29, 0.717) is 12.8 Å². The molecule has 1 spiro atoms. The highest BCUT2D eigenvalue weighted by atomic mass is 16.7. The maximum absolute atomic E-state index is 12.4. The zero-order chi connectivity index (χ0) is 18.6. The number of aliphatic hydroxyl groups is 3. The van der Waals surface area contributed by atoms with E-state index in [1.165, 1.54) is 13.8 Å². The lowest BCUT2D eigenvalue weighted by atomic mass is 9.73. The van der Waals surface area contributed by atoms with Gasteiger partial charge >= 0.3 is 5.97 Å². The average molecular weight is 356 g/mol. The minimum absolute atomic E-state index is 0.0924. The minimum atomic E-state index is -1.93. The summed E-state index contributed by atoms with van der Waals surface area (Å²) in [7, 11) is 0. The number of Topliss-reactive ketones (excluding diaryl/α,β-unsaturated/α-hetero) is 1. The first-order chi connectivity index (χ1) is 11.6. The van der Waals surface area contributed by atoms with Crippen LogP contribution in [0.2, 0.25) is 0 Å². The van der Waals surface area contributed by atoms with Crippen LogP contribution in [0.5, 0.6) is 0 Å². The number of carbonyl (C=O) groups excluding carboxylic acids is 2. The fourth-order valence-corrected chi connectivity index (χ4v) is 3.82. The molecule has 8 heteroatoms. The van der Waals surface area contributed by atoms with E-state index in [1.54, 1.807) is 0 Å². The molecule has 2 heterocycles. The predicted octanol–water partition coefficient (Wildman–Crippen LogP) is -0.414. The van der Waals surface area contributed by atoms with Gasteiger partial charge in [0.15, 0.2) is 17.5 Å². The van der Waals surface area contributed by atoms with E-state index >= 15 is 0 Å². The fourth-order valence-electron chi connectivity index (χ4n) is 3.82. The van der Waals surface area contributed by atoms with Crippen molar-refractivity contribution in [1.82, 2.24) is 0 Å². The number of rotatable bonds is 1. The molecule has 6 atom stereocenters. The first kappa shape index (κ1) is 18.5. The Kier molecular flexibility index (Phi) is 4.53. The van der Waals surface area contributed by atoms with Crippen LogP contribution in [0.3, 0.4) is 0 Å². The van der Waals surface area contributed by atoms with Crippen LogP contribution in [0.4, 0.5) is 0 Å². The highest BCUT2D eigenvalue weighted by Gasteiger charge is 2.59. The van der Waals surface area contributed by atoms with E-state index in [4.69, 9.17) is 14.2 Å². The zero-order valence-corrected chi connectivity index (χ0v) is 14.5. The molecule has 6 unspecified atom stereocenters. The molecule has 0 saturated carbocycles. The van der Waals surface area contributed by atoms with Crippen LogP contribution in [0.15, 0.2) is 11.1 Å². The van der Waals surface area contributed by atoms with Gasteiger partial charge in [0.2, 0.25) is 5.79 Å². The van der Waals surface area contributed by atoms with Crippen LogP contribution < -0.4 is 0 Å². The standard InChI is InChI=1S/C17H24O8/c1-8-4-5-13(24-9(2)18)17(25-8)15(21)10-6-12(19)16(3,22)14(20)11(10)7-23-17/h8,12-13,15,19,21-22H,4-7H2,1-3H3. The summed E-state index contributed by atoms with van der Waals surface area (Å²) in [4.78, 5) is 23.9. The summed E-state index contributed by atoms with van der Waals surface area (Å²) < 4.78 is 16.9. The van der Waals surface area contributed by atoms with Crippen molar-refractivity contribution in [3.05, 3.63) is 11.1 Å². The van der Waals surface area contributed by atoms with Crippen LogP contribution in [0.1, 0.15) is 40.0 Å². The topological polar surface area (TPSA) is 123 Å². The van der Waals surface area contributed by atoms with Gasteiger partial charge in [-0.3, -0.25) is 9.59 Å². The fraction of sp³-hybridized carbons (Fsp3) is 0.765. The van der Waals surface area contributed by atoms with Gasteiger partial charge in [-0.15, -0.1) is 0 Å². The Bertz CT molecular complexity index is 624. The van der Waals surface area contributed by atoms with Gasteiger partial charge in [-0.25, -0.2) is 0 Å². The molecule has 1 saturated heterocycles. The van der Waals surface area contributed by atoms with Crippen molar-refractivity contribution in [2.45, 2.75) is 75.8 Å². The Hall–Kier alpha value is -1.32. The maximum Gasteiger partial charge on any atom is 0.303 e. The highest BCUT2D eigenvalue weighted by molar-refractivity contribution is 6.04. The SMILES string of the molecule is CC(=O)OC1CCC(C)OC12OCC1=C(CC(O)C(C)(O)C1=O)C2O. The molecule has 3 N–H and O–H groups in total. The van der Waals surface area contributed by atoms with Crippen molar-refractivity contribution < 1.29 is 39.1 Å². The summed E-state index contributed by atoms with van der Waals surface area (Å²) in [5.41, 5.74) is -1.53. The first-order valence-corrected chi connectivity index (χ1v) is 8.43. The van der Waals surface area contributed by atoms with Crippen molar-refractivity contribution in [2.75, 3.05) is 6.61 Å². The average Bonchev–Trinajstić information content (AvgIpc) is 2.52. The third-order valence-electron chi connectivity index (χ3n) is 5.31. The molecule has 0 aromatic heterocycles. The molecule has 3 rings (SSSR count). The molecule has 8 nitrogen and oxygen atoms in total. The minimum Gasteiger partial charge on any atom is -0.457 e. The second kappa shape index (κ2) is 6.14. The van der Waals surface area contributed by atoms with Crippen molar-refractivity contribution in [1.29, 1.82) is 0 Å². The Morgan fingerprint density at radius 1 is 1.32 bits per heavy atom. The van der Waals surface area contributed by atoms with Crippen molar-refractivity contribution in [2.24, 2.45) is 0 Å². The molecular formula is C17H24O8. The Labute approximate surface area is 145 Å². The zero-order valence-electron chi connectivity index (χ0n) is 14.5. The largest absolute Gasteiger partial charge is 0.457 e. The van der Waals surface area contributed by atoms with Crippen LogP contribution >= 0.6 is 0 Å². The molecule has 1 aliphatic carbocycles. The molecule has 0 bridgehead atoms. The molecule has 3 aliphatic rings. The summed E-state index contributed by atoms with van der Waals surface area (Å²) in [5, 5.41) is 31.3. The monoisotopic (exact) mass is 356 g/mol. The quantitative estimate of drug-likeness (QED) is 0.542. The lowest BCUT2D eigenvalue weighted by molar-refractivity contribution is -0.350. The molecule has 0 amide bonds. The summed E-state index contributed by atoms with van der Waals surface area (Å²) >= 11 is 0. The third-order valence-corrected chi connectivity index (χ3v) is 5.31. The number of hydrogen-bond acceptors (Lipinski definition) is 8. The first-order valence-electron chi connectivity index (χ1n) is 8.43. The lowest BCUT2D eigenvalue weighted by Gasteiger charge is -2.51. The number of carbonyl (C=O) groups is 2. The van der Waals surface area contributed by atoms with E-state index in [9.17, 15) is 24.9 Å². The number of ether oxygens (including phenoxy) is 3. The number of aliphatic hydroxyl groups excluding tert-OH is 2. The number of hydrogen-bond donors (Lipinski definition) is 3. The smallest absolute Gasteiger partial charge is 0.303 e. The van der Waals surface area contributed by atoms with Crippen molar-refractivity contribution in [3.63, 3.8) is 0 Å². The van der Waals surface area contributed by atoms with Crippen LogP contribution in [0, 0.1) is 0 Å². The van der Waals surface area contributed by atoms with Gasteiger partial charge in [0.1, 0.15) is 6.10 Å². The van der Waals surface area contributed by atoms with Gasteiger partial charge in [0, 0.05) is 18.9 Å². The second-order valence-electron chi connectivity index (χ2n) is 7.22. The van der Waals surface area contributed by atoms with Crippen LogP contribution in [-0.4, -0.2) is 69.5 Å². The summed E-state index contributed by atoms with van der Waals surface area (Å²) in [6, 6.07) is 0. The van der Waals surface area contributed by atoms with Gasteiger partial charge in [0.25, 0.3) is 0 Å². The predicted molar refractivity (Wildman–Crippen MR) is 83.3 cm³/mol. The summed E-state index contributed by atoms with van der Waals surface area (Å²) in [6.45, 7) is 4.12. The normalized spacial score (nSPS) is 44.6. The van der Waals surface area contributed by atoms with Gasteiger partial charge < -0.3 is 29.5 Å². The lowest BCUT2D eigenvalue weighted by Crippen LogP contribution is -2.66. The Morgan fingerprint density at radius 3 is 2.64 bits per heavy atom. The van der Waals surface area contributed by atoms with Gasteiger partial charge in [-0.2, -0.15) is 0 Å². The van der Waals surface area contributed by atoms with Gasteiger partial charge in [-0.1, -0.05) is 0 Å². The molecule has 140 valence electrons. The van der Waals surface area contributed by atoms with Crippen LogP contribution in [-0.2, 0) is 23.8 Å². The van der Waals surface area contributed by atoms with Crippen molar-refractivity contribution >= 4 is 11.8 Å². The molecule has 0 aromatic carbocycles. The second-order valence-corrected chi connectivity index (χ2v) is 7.22. The highest BCUT2D eigenvalue weighted by Crippen LogP contribution is 2.45. The molecule has 25 heavy (non-hydrogen) atoms.